The molecule has 1 aliphatic heterocycles. The third kappa shape index (κ3) is 3.64. The molecule has 3 aromatic rings. The topological polar surface area (TPSA) is 45.4 Å². The van der Waals surface area contributed by atoms with E-state index in [-0.39, 0.29) is 12.4 Å². The molecular weight excluding hydrogens is 340 g/mol. The van der Waals surface area contributed by atoms with Gasteiger partial charge in [0.25, 0.3) is 0 Å². The fraction of sp³-hybridized carbons (Fsp3) is 0.278. The Morgan fingerprint density at radius 1 is 1.00 bits per heavy atom. The second-order valence-corrected chi connectivity index (χ2v) is 6.98. The lowest BCUT2D eigenvalue weighted by Gasteiger charge is -2.34. The van der Waals surface area contributed by atoms with E-state index in [9.17, 15) is 0 Å². The second-order valence-electron chi connectivity index (χ2n) is 5.97. The van der Waals surface area contributed by atoms with Gasteiger partial charge in [0.05, 0.1) is 10.2 Å². The standard InChI is InChI=1S/C18H20N4S.ClH/c19-15-5-3-4-14(12-15)13-21-8-10-22(11-9-21)18-20-16-6-1-2-7-17(16)23-18;/h1-7,12H,8-11,13,19H2;1H. The van der Waals surface area contributed by atoms with Crippen molar-refractivity contribution in [2.75, 3.05) is 36.8 Å². The summed E-state index contributed by atoms with van der Waals surface area (Å²) in [4.78, 5) is 9.65. The predicted octanol–water partition coefficient (Wildman–Crippen LogP) is 3.62. The zero-order chi connectivity index (χ0) is 15.6. The van der Waals surface area contributed by atoms with Crippen molar-refractivity contribution in [1.29, 1.82) is 0 Å². The molecule has 0 radical (unpaired) electrons. The summed E-state index contributed by atoms with van der Waals surface area (Å²) >= 11 is 1.79. The lowest BCUT2D eigenvalue weighted by Crippen LogP contribution is -2.45. The maximum atomic E-state index is 5.87. The minimum Gasteiger partial charge on any atom is -0.399 e. The van der Waals surface area contributed by atoms with Crippen LogP contribution in [-0.4, -0.2) is 36.1 Å². The van der Waals surface area contributed by atoms with Crippen molar-refractivity contribution in [3.63, 3.8) is 0 Å². The highest BCUT2D eigenvalue weighted by molar-refractivity contribution is 7.22. The van der Waals surface area contributed by atoms with E-state index in [1.54, 1.807) is 11.3 Å². The Hall–Kier alpha value is -1.82. The van der Waals surface area contributed by atoms with E-state index in [2.05, 4.69) is 46.2 Å². The van der Waals surface area contributed by atoms with Crippen LogP contribution in [0.1, 0.15) is 5.56 Å². The average Bonchev–Trinajstić information content (AvgIpc) is 2.99. The van der Waals surface area contributed by atoms with Gasteiger partial charge in [0.15, 0.2) is 5.13 Å². The number of rotatable bonds is 3. The van der Waals surface area contributed by atoms with Crippen LogP contribution in [0.5, 0.6) is 0 Å². The number of piperazine rings is 1. The van der Waals surface area contributed by atoms with E-state index in [0.717, 1.165) is 49.1 Å². The number of hydrogen-bond acceptors (Lipinski definition) is 5. The molecule has 1 saturated heterocycles. The molecule has 24 heavy (non-hydrogen) atoms. The quantitative estimate of drug-likeness (QED) is 0.724. The molecule has 0 aliphatic carbocycles. The van der Waals surface area contributed by atoms with Crippen LogP contribution in [-0.2, 0) is 6.54 Å². The summed E-state index contributed by atoms with van der Waals surface area (Å²) < 4.78 is 1.27. The number of nitrogens with zero attached hydrogens (tertiary/aromatic N) is 3. The van der Waals surface area contributed by atoms with Crippen molar-refractivity contribution in [2.45, 2.75) is 6.54 Å². The SMILES string of the molecule is Cl.Nc1cccc(CN2CCN(c3nc4ccccc4s3)CC2)c1. The molecule has 4 rings (SSSR count). The molecule has 1 aromatic heterocycles. The number of nitrogen functional groups attached to an aromatic ring is 1. The lowest BCUT2D eigenvalue weighted by atomic mass is 10.2. The highest BCUT2D eigenvalue weighted by Gasteiger charge is 2.19. The van der Waals surface area contributed by atoms with Crippen molar-refractivity contribution in [2.24, 2.45) is 0 Å². The van der Waals surface area contributed by atoms with Gasteiger partial charge in [0.2, 0.25) is 0 Å². The van der Waals surface area contributed by atoms with Crippen molar-refractivity contribution in [3.8, 4) is 0 Å². The molecule has 1 aliphatic rings. The van der Waals surface area contributed by atoms with Crippen molar-refractivity contribution in [3.05, 3.63) is 54.1 Å². The molecule has 6 heteroatoms. The fourth-order valence-corrected chi connectivity index (χ4v) is 4.06. The maximum Gasteiger partial charge on any atom is 0.186 e. The second kappa shape index (κ2) is 7.38. The number of para-hydroxylation sites is 1. The largest absolute Gasteiger partial charge is 0.399 e. The van der Waals surface area contributed by atoms with E-state index in [1.165, 1.54) is 10.3 Å². The molecule has 0 spiro atoms. The molecule has 0 unspecified atom stereocenters. The van der Waals surface area contributed by atoms with Gasteiger partial charge in [-0.1, -0.05) is 35.6 Å². The number of anilines is 2. The van der Waals surface area contributed by atoms with Gasteiger partial charge < -0.3 is 10.6 Å². The van der Waals surface area contributed by atoms with E-state index in [0.29, 0.717) is 0 Å². The maximum absolute atomic E-state index is 5.87. The number of halogens is 1. The molecule has 0 amide bonds. The Balaban J connectivity index is 0.00000169. The summed E-state index contributed by atoms with van der Waals surface area (Å²) in [6.45, 7) is 5.15. The first-order valence-electron chi connectivity index (χ1n) is 7.95. The van der Waals surface area contributed by atoms with Gasteiger partial charge in [-0.15, -0.1) is 12.4 Å². The van der Waals surface area contributed by atoms with Crippen molar-refractivity contribution < 1.29 is 0 Å². The first kappa shape index (κ1) is 17.0. The van der Waals surface area contributed by atoms with Gasteiger partial charge in [-0.25, -0.2) is 4.98 Å². The van der Waals surface area contributed by atoms with Gasteiger partial charge in [-0.05, 0) is 29.8 Å². The third-order valence-electron chi connectivity index (χ3n) is 4.28. The summed E-state index contributed by atoms with van der Waals surface area (Å²) in [6.07, 6.45) is 0. The van der Waals surface area contributed by atoms with Gasteiger partial charge >= 0.3 is 0 Å². The van der Waals surface area contributed by atoms with Crippen LogP contribution in [0, 0.1) is 0 Å². The third-order valence-corrected chi connectivity index (χ3v) is 5.38. The molecule has 126 valence electrons. The number of hydrogen-bond donors (Lipinski definition) is 1. The van der Waals surface area contributed by atoms with Crippen molar-refractivity contribution >= 4 is 44.8 Å². The molecule has 2 aromatic carbocycles. The Morgan fingerprint density at radius 2 is 1.79 bits per heavy atom. The molecule has 1 fully saturated rings. The summed E-state index contributed by atoms with van der Waals surface area (Å²) in [5.41, 5.74) is 9.10. The van der Waals surface area contributed by atoms with E-state index < -0.39 is 0 Å². The zero-order valence-corrected chi connectivity index (χ0v) is 15.0. The summed E-state index contributed by atoms with van der Waals surface area (Å²) in [7, 11) is 0. The summed E-state index contributed by atoms with van der Waals surface area (Å²) in [5.74, 6) is 0. The first-order chi connectivity index (χ1) is 11.3. The fourth-order valence-electron chi connectivity index (χ4n) is 3.04. The van der Waals surface area contributed by atoms with Gasteiger partial charge in [0, 0.05) is 38.4 Å². The van der Waals surface area contributed by atoms with Crippen LogP contribution in [0.4, 0.5) is 10.8 Å². The van der Waals surface area contributed by atoms with Gasteiger partial charge in [-0.2, -0.15) is 0 Å². The van der Waals surface area contributed by atoms with Gasteiger partial charge in [-0.3, -0.25) is 4.90 Å². The first-order valence-corrected chi connectivity index (χ1v) is 8.77. The Kier molecular flexibility index (Phi) is 5.23. The Morgan fingerprint density at radius 3 is 2.54 bits per heavy atom. The highest BCUT2D eigenvalue weighted by atomic mass is 35.5. The van der Waals surface area contributed by atoms with E-state index in [4.69, 9.17) is 10.7 Å². The van der Waals surface area contributed by atoms with Crippen molar-refractivity contribution in [1.82, 2.24) is 9.88 Å². The minimum absolute atomic E-state index is 0. The molecule has 0 saturated carbocycles. The molecule has 0 bridgehead atoms. The molecule has 0 atom stereocenters. The average molecular weight is 361 g/mol. The highest BCUT2D eigenvalue weighted by Crippen LogP contribution is 2.29. The summed E-state index contributed by atoms with van der Waals surface area (Å²) in [6, 6.07) is 16.5. The molecule has 2 N–H and O–H groups in total. The summed E-state index contributed by atoms with van der Waals surface area (Å²) in [5, 5.41) is 1.15. The monoisotopic (exact) mass is 360 g/mol. The zero-order valence-electron chi connectivity index (χ0n) is 13.4. The van der Waals surface area contributed by atoms with Crippen LogP contribution in [0.2, 0.25) is 0 Å². The smallest absolute Gasteiger partial charge is 0.186 e. The van der Waals surface area contributed by atoms with Gasteiger partial charge in [0.1, 0.15) is 0 Å². The molecular formula is C18H21ClN4S. The number of aromatic nitrogens is 1. The van der Waals surface area contributed by atoms with Crippen LogP contribution in [0.3, 0.4) is 0 Å². The van der Waals surface area contributed by atoms with E-state index in [1.807, 2.05) is 12.1 Å². The van der Waals surface area contributed by atoms with Crippen LogP contribution < -0.4 is 10.6 Å². The number of nitrogens with two attached hydrogens (primary N) is 1. The van der Waals surface area contributed by atoms with Crippen LogP contribution in [0.15, 0.2) is 48.5 Å². The lowest BCUT2D eigenvalue weighted by molar-refractivity contribution is 0.250. The van der Waals surface area contributed by atoms with E-state index >= 15 is 0 Å². The number of benzene rings is 2. The molecule has 2 heterocycles. The Bertz CT molecular complexity index is 778. The minimum atomic E-state index is 0. The predicted molar refractivity (Wildman–Crippen MR) is 105 cm³/mol. The number of fused-ring (bicyclic) bond motifs is 1. The Labute approximate surface area is 152 Å². The van der Waals surface area contributed by atoms with Crippen LogP contribution >= 0.6 is 23.7 Å². The normalized spacial score (nSPS) is 15.4. The number of thiazole rings is 1. The van der Waals surface area contributed by atoms with Crippen LogP contribution in [0.25, 0.3) is 10.2 Å². The molecule has 4 nitrogen and oxygen atoms in total.